The smallest absolute Gasteiger partial charge is 0.139 e. The fourth-order valence-electron chi connectivity index (χ4n) is 0.195. The fraction of sp³-hybridized carbons (Fsp3) is 0.400. The summed E-state index contributed by atoms with van der Waals surface area (Å²) in [4.78, 5) is 19.6. The highest BCUT2D eigenvalue weighted by molar-refractivity contribution is 5.89. The standard InChI is InChI=1S/C5H7O2/c1-2-5(7)3-4-6/h4H,1-3H2. The SMILES string of the molecule is [CH2]CC(=O)CC=O. The Bertz CT molecular complexity index is 76.1. The zero-order valence-electron chi connectivity index (χ0n) is 4.02. The average Bonchev–Trinajstić information content (AvgIpc) is 1.68. The van der Waals surface area contributed by atoms with Crippen LogP contribution in [0.2, 0.25) is 0 Å². The van der Waals surface area contributed by atoms with Crippen LogP contribution < -0.4 is 0 Å². The zero-order chi connectivity index (χ0) is 5.70. The number of hydrogen-bond donors (Lipinski definition) is 0. The normalized spacial score (nSPS) is 8.14. The molecule has 0 aliphatic rings. The van der Waals surface area contributed by atoms with Crippen molar-refractivity contribution in [2.45, 2.75) is 12.8 Å². The predicted octanol–water partition coefficient (Wildman–Crippen LogP) is 0.369. The van der Waals surface area contributed by atoms with Crippen LogP contribution in [0.15, 0.2) is 0 Å². The van der Waals surface area contributed by atoms with Crippen LogP contribution in [0, 0.1) is 6.92 Å². The van der Waals surface area contributed by atoms with Crippen LogP contribution in [0.5, 0.6) is 0 Å². The van der Waals surface area contributed by atoms with Crippen molar-refractivity contribution in [1.82, 2.24) is 0 Å². The number of Topliss-reactive ketones (excluding diaryl/α,β-unsaturated/α-hetero) is 1. The highest BCUT2D eigenvalue weighted by Crippen LogP contribution is 1.81. The number of rotatable bonds is 3. The topological polar surface area (TPSA) is 34.1 Å². The molecule has 0 saturated heterocycles. The second-order valence-electron chi connectivity index (χ2n) is 1.16. The van der Waals surface area contributed by atoms with Crippen molar-refractivity contribution in [2.24, 2.45) is 0 Å². The second-order valence-corrected chi connectivity index (χ2v) is 1.16. The summed E-state index contributed by atoms with van der Waals surface area (Å²) in [5, 5.41) is 0. The van der Waals surface area contributed by atoms with E-state index < -0.39 is 0 Å². The molecule has 0 aliphatic heterocycles. The van der Waals surface area contributed by atoms with Gasteiger partial charge >= 0.3 is 0 Å². The second kappa shape index (κ2) is 3.53. The van der Waals surface area contributed by atoms with Crippen LogP contribution in [0.3, 0.4) is 0 Å². The Labute approximate surface area is 42.5 Å². The molecular weight excluding hydrogens is 92.1 g/mol. The van der Waals surface area contributed by atoms with E-state index in [9.17, 15) is 9.59 Å². The molecule has 0 bridgehead atoms. The maximum absolute atomic E-state index is 10.1. The van der Waals surface area contributed by atoms with Gasteiger partial charge in [0.25, 0.3) is 0 Å². The van der Waals surface area contributed by atoms with Crippen molar-refractivity contribution in [3.05, 3.63) is 6.92 Å². The van der Waals surface area contributed by atoms with Crippen LogP contribution in [-0.4, -0.2) is 12.1 Å². The Morgan fingerprint density at radius 3 is 2.43 bits per heavy atom. The Hall–Kier alpha value is -0.660. The molecular formula is C5H7O2. The van der Waals surface area contributed by atoms with E-state index in [1.807, 2.05) is 0 Å². The minimum Gasteiger partial charge on any atom is -0.303 e. The van der Waals surface area contributed by atoms with E-state index in [0.29, 0.717) is 6.29 Å². The first-order valence-corrected chi connectivity index (χ1v) is 2.06. The van der Waals surface area contributed by atoms with Crippen molar-refractivity contribution >= 4 is 12.1 Å². The number of hydrogen-bond acceptors (Lipinski definition) is 2. The summed E-state index contributed by atoms with van der Waals surface area (Å²) >= 11 is 0. The monoisotopic (exact) mass is 99.0 g/mol. The third-order valence-electron chi connectivity index (χ3n) is 0.590. The van der Waals surface area contributed by atoms with Gasteiger partial charge in [0.2, 0.25) is 0 Å². The third-order valence-corrected chi connectivity index (χ3v) is 0.590. The summed E-state index contributed by atoms with van der Waals surface area (Å²) in [5.74, 6) is -0.102. The van der Waals surface area contributed by atoms with Crippen LogP contribution in [0.1, 0.15) is 12.8 Å². The van der Waals surface area contributed by atoms with Crippen molar-refractivity contribution < 1.29 is 9.59 Å². The van der Waals surface area contributed by atoms with Gasteiger partial charge < -0.3 is 4.79 Å². The fourth-order valence-corrected chi connectivity index (χ4v) is 0.195. The summed E-state index contributed by atoms with van der Waals surface area (Å²) in [6, 6.07) is 0. The van der Waals surface area contributed by atoms with E-state index in [0.717, 1.165) is 0 Å². The number of ketones is 1. The van der Waals surface area contributed by atoms with Gasteiger partial charge in [-0.3, -0.25) is 4.79 Å². The van der Waals surface area contributed by atoms with Gasteiger partial charge in [0.1, 0.15) is 12.1 Å². The van der Waals surface area contributed by atoms with E-state index in [-0.39, 0.29) is 18.6 Å². The van der Waals surface area contributed by atoms with Crippen LogP contribution in [0.4, 0.5) is 0 Å². The Balaban J connectivity index is 3.17. The highest BCUT2D eigenvalue weighted by atomic mass is 16.1. The molecule has 7 heavy (non-hydrogen) atoms. The molecule has 0 atom stereocenters. The van der Waals surface area contributed by atoms with Crippen LogP contribution in [0.25, 0.3) is 0 Å². The molecule has 0 fully saturated rings. The maximum Gasteiger partial charge on any atom is 0.139 e. The maximum atomic E-state index is 10.1. The molecule has 2 nitrogen and oxygen atoms in total. The summed E-state index contributed by atoms with van der Waals surface area (Å²) in [7, 11) is 0. The third kappa shape index (κ3) is 3.16. The first-order valence-electron chi connectivity index (χ1n) is 2.06. The molecule has 0 amide bonds. The van der Waals surface area contributed by atoms with Gasteiger partial charge in [-0.15, -0.1) is 0 Å². The lowest BCUT2D eigenvalue weighted by Crippen LogP contribution is -1.93. The van der Waals surface area contributed by atoms with Gasteiger partial charge in [0, 0.05) is 6.42 Å². The van der Waals surface area contributed by atoms with Gasteiger partial charge in [0.15, 0.2) is 0 Å². The summed E-state index contributed by atoms with van der Waals surface area (Å²) in [5.41, 5.74) is 0. The first-order chi connectivity index (χ1) is 3.31. The summed E-state index contributed by atoms with van der Waals surface area (Å²) < 4.78 is 0. The molecule has 0 aromatic carbocycles. The van der Waals surface area contributed by atoms with E-state index in [2.05, 4.69) is 6.92 Å². The lowest BCUT2D eigenvalue weighted by atomic mass is 10.2. The largest absolute Gasteiger partial charge is 0.303 e. The average molecular weight is 99.1 g/mol. The number of carbonyl (C=O) groups excluding carboxylic acids is 2. The van der Waals surface area contributed by atoms with Crippen molar-refractivity contribution in [3.8, 4) is 0 Å². The van der Waals surface area contributed by atoms with Crippen molar-refractivity contribution in [2.75, 3.05) is 0 Å². The number of carbonyl (C=O) groups is 2. The highest BCUT2D eigenvalue weighted by Gasteiger charge is 1.91. The molecule has 0 heterocycles. The molecule has 0 saturated carbocycles. The molecule has 0 aromatic heterocycles. The quantitative estimate of drug-likeness (QED) is 0.378. The van der Waals surface area contributed by atoms with Gasteiger partial charge in [-0.2, -0.15) is 0 Å². The molecule has 1 radical (unpaired) electrons. The molecule has 0 aromatic rings. The molecule has 0 rings (SSSR count). The Morgan fingerprint density at radius 2 is 2.29 bits per heavy atom. The zero-order valence-corrected chi connectivity index (χ0v) is 4.02. The summed E-state index contributed by atoms with van der Waals surface area (Å²) in [6.07, 6.45) is 0.829. The predicted molar refractivity (Wildman–Crippen MR) is 25.7 cm³/mol. The van der Waals surface area contributed by atoms with Gasteiger partial charge in [-0.25, -0.2) is 0 Å². The van der Waals surface area contributed by atoms with E-state index in [1.165, 1.54) is 0 Å². The van der Waals surface area contributed by atoms with Gasteiger partial charge in [0.05, 0.1) is 6.42 Å². The molecule has 0 spiro atoms. The first kappa shape index (κ1) is 6.34. The van der Waals surface area contributed by atoms with E-state index in [1.54, 1.807) is 0 Å². The van der Waals surface area contributed by atoms with E-state index >= 15 is 0 Å². The molecule has 2 heteroatoms. The Kier molecular flexibility index (Phi) is 3.19. The summed E-state index contributed by atoms with van der Waals surface area (Å²) in [6.45, 7) is 3.30. The lowest BCUT2D eigenvalue weighted by molar-refractivity contribution is -0.121. The van der Waals surface area contributed by atoms with Crippen molar-refractivity contribution in [3.63, 3.8) is 0 Å². The molecule has 0 unspecified atom stereocenters. The lowest BCUT2D eigenvalue weighted by Gasteiger charge is -1.80. The molecule has 0 N–H and O–H groups in total. The Morgan fingerprint density at radius 1 is 1.71 bits per heavy atom. The van der Waals surface area contributed by atoms with Crippen LogP contribution in [-0.2, 0) is 9.59 Å². The van der Waals surface area contributed by atoms with Crippen molar-refractivity contribution in [1.29, 1.82) is 0 Å². The van der Waals surface area contributed by atoms with Crippen LogP contribution >= 0.6 is 0 Å². The minimum absolute atomic E-state index is 0.0174. The van der Waals surface area contributed by atoms with E-state index in [4.69, 9.17) is 0 Å². The van der Waals surface area contributed by atoms with Gasteiger partial charge in [-0.1, -0.05) is 0 Å². The minimum atomic E-state index is -0.102. The molecule has 0 aliphatic carbocycles. The molecule has 39 valence electrons. The van der Waals surface area contributed by atoms with Gasteiger partial charge in [-0.05, 0) is 6.92 Å². The number of aldehydes is 1.